The second kappa shape index (κ2) is 24.8. The van der Waals surface area contributed by atoms with E-state index in [2.05, 4.69) is 54.4 Å². The maximum Gasteiger partial charge on any atom is 0.333 e. The van der Waals surface area contributed by atoms with Crippen LogP contribution in [0.3, 0.4) is 0 Å². The summed E-state index contributed by atoms with van der Waals surface area (Å²) < 4.78 is 31.3. The summed E-state index contributed by atoms with van der Waals surface area (Å²) in [6.45, 7) is 22.7. The fourth-order valence-corrected chi connectivity index (χ4v) is 3.71. The second-order valence-corrected chi connectivity index (χ2v) is 10.5. The Balaban J connectivity index is 3.82. The number of esters is 6. The Kier molecular flexibility index (Phi) is 20.9. The molecule has 0 fully saturated rings. The van der Waals surface area contributed by atoms with E-state index in [0.717, 1.165) is 24.3 Å². The highest BCUT2D eigenvalue weighted by molar-refractivity contribution is 5.87. The molecule has 1 aromatic heterocycles. The van der Waals surface area contributed by atoms with Gasteiger partial charge in [0, 0.05) is 35.5 Å². The van der Waals surface area contributed by atoms with Gasteiger partial charge in [0.15, 0.2) is 0 Å². The lowest BCUT2D eigenvalue weighted by molar-refractivity contribution is -0.139. The van der Waals surface area contributed by atoms with Crippen molar-refractivity contribution < 1.29 is 57.2 Å². The summed E-state index contributed by atoms with van der Waals surface area (Å²) in [5.74, 6) is -4.04. The Morgan fingerprint density at radius 2 is 0.660 bits per heavy atom. The van der Waals surface area contributed by atoms with E-state index in [1.807, 2.05) is 0 Å². The van der Waals surface area contributed by atoms with Crippen LogP contribution in [0.25, 0.3) is 0 Å². The normalized spacial score (nSPS) is 10.0. The molecular formula is C35H46N6O12. The van der Waals surface area contributed by atoms with Gasteiger partial charge in [-0.05, 0) is 13.8 Å². The summed E-state index contributed by atoms with van der Waals surface area (Å²) in [5.41, 5.74) is 0.345. The molecule has 0 radical (unpaired) electrons. The van der Waals surface area contributed by atoms with Crippen molar-refractivity contribution in [3.05, 3.63) is 74.9 Å². The lowest BCUT2D eigenvalue weighted by atomic mass is 10.4. The van der Waals surface area contributed by atoms with E-state index in [9.17, 15) is 28.8 Å². The number of hydrogen-bond acceptors (Lipinski definition) is 18. The molecule has 1 heterocycles. The number of aromatic nitrogens is 3. The maximum absolute atomic E-state index is 12.1. The fraction of sp³-hybridized carbons (Fsp3) is 0.400. The predicted molar refractivity (Wildman–Crippen MR) is 193 cm³/mol. The number of carbonyl (C=O) groups is 6. The summed E-state index contributed by atoms with van der Waals surface area (Å²) in [7, 11) is 0. The van der Waals surface area contributed by atoms with Gasteiger partial charge in [-0.1, -0.05) is 39.5 Å². The van der Waals surface area contributed by atoms with E-state index in [1.54, 1.807) is 9.80 Å². The molecule has 0 aliphatic heterocycles. The first kappa shape index (κ1) is 44.7. The van der Waals surface area contributed by atoms with E-state index >= 15 is 0 Å². The molecule has 0 saturated heterocycles. The molecule has 1 rings (SSSR count). The van der Waals surface area contributed by atoms with Crippen LogP contribution in [0.4, 0.5) is 17.8 Å². The zero-order valence-corrected chi connectivity index (χ0v) is 30.1. The lowest BCUT2D eigenvalue weighted by Crippen LogP contribution is -2.38. The van der Waals surface area contributed by atoms with Crippen molar-refractivity contribution in [2.24, 2.45) is 0 Å². The van der Waals surface area contributed by atoms with Crippen LogP contribution in [0, 0.1) is 0 Å². The van der Waals surface area contributed by atoms with Gasteiger partial charge in [-0.15, -0.1) is 0 Å². The first-order chi connectivity index (χ1) is 25.3. The summed E-state index contributed by atoms with van der Waals surface area (Å²) in [5, 5.41) is 0. The fourth-order valence-electron chi connectivity index (χ4n) is 3.71. The standard InChI is InChI=1S/C35H46N6O12/c1-9-27(42)48-19-13-39(14-20-49-28(43)10-2)33-36-34(40(15-21-50-29(44)11-3)17-23-52-31(46)25(5)6)38-35(37-33)41(16-22-51-30(45)12-4)18-24-53-32(47)26(7)8/h9-12H,1-5,7,13-24H2,6,8H3. The molecule has 0 bridgehead atoms. The van der Waals surface area contributed by atoms with Crippen molar-refractivity contribution in [3.63, 3.8) is 0 Å². The molecule has 0 unspecified atom stereocenters. The molecule has 18 nitrogen and oxygen atoms in total. The van der Waals surface area contributed by atoms with Crippen molar-refractivity contribution in [1.29, 1.82) is 0 Å². The first-order valence-electron chi connectivity index (χ1n) is 16.1. The monoisotopic (exact) mass is 742 g/mol. The molecule has 288 valence electrons. The van der Waals surface area contributed by atoms with Crippen LogP contribution in [0.15, 0.2) is 74.9 Å². The second-order valence-electron chi connectivity index (χ2n) is 10.5. The highest BCUT2D eigenvalue weighted by atomic mass is 16.6. The molecule has 0 spiro atoms. The van der Waals surface area contributed by atoms with Crippen LogP contribution in [0.2, 0.25) is 0 Å². The Morgan fingerprint density at radius 3 is 0.849 bits per heavy atom. The molecule has 0 aliphatic rings. The highest BCUT2D eigenvalue weighted by Gasteiger charge is 2.23. The Hall–Kier alpha value is -6.33. The van der Waals surface area contributed by atoms with Crippen molar-refractivity contribution in [2.45, 2.75) is 13.8 Å². The molecule has 18 heteroatoms. The Morgan fingerprint density at radius 1 is 0.453 bits per heavy atom. The minimum Gasteiger partial charge on any atom is -0.461 e. The van der Waals surface area contributed by atoms with Crippen LogP contribution in [0.5, 0.6) is 0 Å². The number of anilines is 3. The van der Waals surface area contributed by atoms with Gasteiger partial charge < -0.3 is 43.1 Å². The Labute approximate surface area is 308 Å². The quantitative estimate of drug-likeness (QED) is 0.0710. The number of hydrogen-bond donors (Lipinski definition) is 0. The smallest absolute Gasteiger partial charge is 0.333 e. The molecular weight excluding hydrogens is 696 g/mol. The van der Waals surface area contributed by atoms with Gasteiger partial charge in [0.05, 0.1) is 39.3 Å². The van der Waals surface area contributed by atoms with Gasteiger partial charge >= 0.3 is 35.8 Å². The molecule has 0 atom stereocenters. The molecule has 0 N–H and O–H groups in total. The number of nitrogens with zero attached hydrogens (tertiary/aromatic N) is 6. The third kappa shape index (κ3) is 17.9. The average Bonchev–Trinajstić information content (AvgIpc) is 3.14. The van der Waals surface area contributed by atoms with Gasteiger partial charge in [-0.2, -0.15) is 15.0 Å². The van der Waals surface area contributed by atoms with Crippen LogP contribution in [0.1, 0.15) is 13.8 Å². The zero-order chi connectivity index (χ0) is 39.8. The minimum atomic E-state index is -0.686. The SMILES string of the molecule is C=CC(=O)OCCN(CCOC(=O)C=C)c1nc(N(CCOC(=O)C=C)CCOC(=O)C(=C)C)nc(N(CCOC(=O)C=C)CCOC(=O)C(=C)C)n1. The number of carbonyl (C=O) groups excluding carboxylic acids is 6. The largest absolute Gasteiger partial charge is 0.461 e. The number of rotatable bonds is 27. The van der Waals surface area contributed by atoms with Gasteiger partial charge in [0.25, 0.3) is 0 Å². The van der Waals surface area contributed by atoms with Crippen molar-refractivity contribution in [1.82, 2.24) is 15.0 Å². The topological polar surface area (TPSA) is 206 Å². The summed E-state index contributed by atoms with van der Waals surface area (Å²) >= 11 is 0. The van der Waals surface area contributed by atoms with E-state index in [1.165, 1.54) is 18.7 Å². The third-order valence-electron chi connectivity index (χ3n) is 6.42. The minimum absolute atomic E-state index is 0.00534. The van der Waals surface area contributed by atoms with Gasteiger partial charge in [0.1, 0.15) is 39.6 Å². The van der Waals surface area contributed by atoms with Crippen molar-refractivity contribution in [2.75, 3.05) is 93.6 Å². The van der Waals surface area contributed by atoms with E-state index < -0.39 is 35.8 Å². The van der Waals surface area contributed by atoms with Gasteiger partial charge in [-0.3, -0.25) is 0 Å². The van der Waals surface area contributed by atoms with Crippen LogP contribution < -0.4 is 14.7 Å². The summed E-state index contributed by atoms with van der Waals surface area (Å²) in [6.07, 6.45) is 3.97. The van der Waals surface area contributed by atoms with E-state index in [0.29, 0.717) is 0 Å². The summed E-state index contributed by atoms with van der Waals surface area (Å²) in [4.78, 5) is 90.1. The molecule has 0 amide bonds. The Bertz CT molecular complexity index is 1420. The van der Waals surface area contributed by atoms with Crippen molar-refractivity contribution in [3.8, 4) is 0 Å². The van der Waals surface area contributed by atoms with E-state index in [-0.39, 0.29) is 108 Å². The van der Waals surface area contributed by atoms with Gasteiger partial charge in [0.2, 0.25) is 17.8 Å². The molecule has 53 heavy (non-hydrogen) atoms. The molecule has 0 saturated carbocycles. The van der Waals surface area contributed by atoms with Crippen LogP contribution >= 0.6 is 0 Å². The van der Waals surface area contributed by atoms with Crippen molar-refractivity contribution >= 4 is 53.7 Å². The molecule has 0 aromatic carbocycles. The van der Waals surface area contributed by atoms with Crippen LogP contribution in [-0.2, 0) is 57.2 Å². The molecule has 1 aromatic rings. The highest BCUT2D eigenvalue weighted by Crippen LogP contribution is 2.20. The molecule has 0 aliphatic carbocycles. The first-order valence-corrected chi connectivity index (χ1v) is 16.1. The lowest BCUT2D eigenvalue weighted by Gasteiger charge is -2.29. The van der Waals surface area contributed by atoms with Gasteiger partial charge in [-0.25, -0.2) is 28.8 Å². The third-order valence-corrected chi connectivity index (χ3v) is 6.42. The maximum atomic E-state index is 12.1. The zero-order valence-electron chi connectivity index (χ0n) is 30.1. The number of ether oxygens (including phenoxy) is 6. The summed E-state index contributed by atoms with van der Waals surface area (Å²) in [6, 6.07) is 0. The predicted octanol–water partition coefficient (Wildman–Crippen LogP) is 1.45. The van der Waals surface area contributed by atoms with Crippen LogP contribution in [-0.4, -0.2) is 130 Å². The van der Waals surface area contributed by atoms with E-state index in [4.69, 9.17) is 28.4 Å². The average molecular weight is 743 g/mol.